The molecule has 0 N–H and O–H groups in total. The number of hydrogen-bond donors (Lipinski definition) is 0. The minimum atomic E-state index is -3.33. The van der Waals surface area contributed by atoms with Gasteiger partial charge in [-0.05, 0) is 37.5 Å². The van der Waals surface area contributed by atoms with Crippen LogP contribution in [0.25, 0.3) is 0 Å². The monoisotopic (exact) mass is 324 g/mol. The Bertz CT molecular complexity index is 402. The molecule has 2 rings (SSSR count). The molecular weight excluding hydrogens is 300 g/mol. The third-order valence-electron chi connectivity index (χ3n) is 4.24. The highest BCUT2D eigenvalue weighted by atomic mass is 35.5. The molecule has 0 aromatic carbocycles. The number of nitrogens with zero attached hydrogens (tertiary/aromatic N) is 2. The average molecular weight is 325 g/mol. The Morgan fingerprint density at radius 3 is 2.20 bits per heavy atom. The number of ether oxygens (including phenoxy) is 1. The normalized spacial score (nSPS) is 30.5. The quantitative estimate of drug-likeness (QED) is 0.721. The lowest BCUT2D eigenvalue weighted by molar-refractivity contribution is 0.115. The molecule has 2 heterocycles. The maximum Gasteiger partial charge on any atom is 0.281 e. The molecule has 0 radical (unpaired) electrons. The fourth-order valence-corrected chi connectivity index (χ4v) is 5.23. The van der Waals surface area contributed by atoms with Gasteiger partial charge in [0.25, 0.3) is 10.2 Å². The highest BCUT2D eigenvalue weighted by molar-refractivity contribution is 7.86. The van der Waals surface area contributed by atoms with Crippen LogP contribution in [0, 0.1) is 11.8 Å². The van der Waals surface area contributed by atoms with E-state index in [0.717, 1.165) is 25.7 Å². The maximum absolute atomic E-state index is 12.7. The summed E-state index contributed by atoms with van der Waals surface area (Å²) < 4.78 is 33.9. The predicted molar refractivity (Wildman–Crippen MR) is 80.1 cm³/mol. The van der Waals surface area contributed by atoms with Gasteiger partial charge in [0.2, 0.25) is 0 Å². The van der Waals surface area contributed by atoms with Crippen molar-refractivity contribution < 1.29 is 13.2 Å². The molecule has 0 saturated carbocycles. The van der Waals surface area contributed by atoms with Crippen LogP contribution in [0.15, 0.2) is 0 Å². The highest BCUT2D eigenvalue weighted by Crippen LogP contribution is 2.25. The first-order valence-electron chi connectivity index (χ1n) is 7.38. The molecule has 0 aromatic heterocycles. The van der Waals surface area contributed by atoms with E-state index in [2.05, 4.69) is 0 Å². The molecule has 2 aliphatic rings. The SMILES string of the molecule is COCC1CCCN(S(=O)(=O)N2CCCC(CCl)C2)C1. The molecule has 2 aliphatic heterocycles. The summed E-state index contributed by atoms with van der Waals surface area (Å²) in [6.45, 7) is 3.04. The Kier molecular flexibility index (Phi) is 6.10. The van der Waals surface area contributed by atoms with Gasteiger partial charge < -0.3 is 4.74 Å². The summed E-state index contributed by atoms with van der Waals surface area (Å²) in [7, 11) is -1.66. The first-order valence-corrected chi connectivity index (χ1v) is 9.31. The Hall–Kier alpha value is 0.120. The number of piperidine rings is 2. The topological polar surface area (TPSA) is 49.9 Å². The van der Waals surface area contributed by atoms with E-state index in [9.17, 15) is 8.42 Å². The first kappa shape index (κ1) is 16.5. The Balaban J connectivity index is 2.01. The Labute approximate surface area is 127 Å². The zero-order valence-corrected chi connectivity index (χ0v) is 13.7. The Morgan fingerprint density at radius 1 is 1.10 bits per heavy atom. The zero-order chi connectivity index (χ0) is 14.6. The molecule has 2 fully saturated rings. The lowest BCUT2D eigenvalue weighted by Gasteiger charge is -2.38. The van der Waals surface area contributed by atoms with Crippen molar-refractivity contribution in [3.63, 3.8) is 0 Å². The van der Waals surface area contributed by atoms with Crippen molar-refractivity contribution in [2.24, 2.45) is 11.8 Å². The van der Waals surface area contributed by atoms with Crippen LogP contribution in [-0.2, 0) is 14.9 Å². The number of halogens is 1. The van der Waals surface area contributed by atoms with Crippen LogP contribution in [0.5, 0.6) is 0 Å². The Morgan fingerprint density at radius 2 is 1.65 bits per heavy atom. The van der Waals surface area contributed by atoms with Gasteiger partial charge in [0.05, 0.1) is 6.61 Å². The number of rotatable bonds is 5. The van der Waals surface area contributed by atoms with Gasteiger partial charge in [-0.25, -0.2) is 0 Å². The second-order valence-electron chi connectivity index (χ2n) is 5.85. The van der Waals surface area contributed by atoms with E-state index in [-0.39, 0.29) is 0 Å². The maximum atomic E-state index is 12.7. The van der Waals surface area contributed by atoms with Gasteiger partial charge in [-0.15, -0.1) is 11.6 Å². The summed E-state index contributed by atoms with van der Waals surface area (Å²) in [6, 6.07) is 0. The van der Waals surface area contributed by atoms with Gasteiger partial charge in [-0.2, -0.15) is 17.0 Å². The lowest BCUT2D eigenvalue weighted by atomic mass is 10.0. The van der Waals surface area contributed by atoms with E-state index in [1.807, 2.05) is 0 Å². The van der Waals surface area contributed by atoms with E-state index in [1.54, 1.807) is 15.7 Å². The molecule has 2 atom stereocenters. The van der Waals surface area contributed by atoms with Crippen LogP contribution >= 0.6 is 11.6 Å². The minimum Gasteiger partial charge on any atom is -0.384 e. The van der Waals surface area contributed by atoms with Crippen molar-refractivity contribution in [2.75, 3.05) is 45.8 Å². The van der Waals surface area contributed by atoms with E-state index in [0.29, 0.717) is 50.5 Å². The highest BCUT2D eigenvalue weighted by Gasteiger charge is 2.35. The lowest BCUT2D eigenvalue weighted by Crippen LogP contribution is -2.51. The largest absolute Gasteiger partial charge is 0.384 e. The third-order valence-corrected chi connectivity index (χ3v) is 6.64. The second-order valence-corrected chi connectivity index (χ2v) is 8.09. The van der Waals surface area contributed by atoms with Gasteiger partial charge in [0.1, 0.15) is 0 Å². The van der Waals surface area contributed by atoms with Crippen LogP contribution in [0.1, 0.15) is 25.7 Å². The molecule has 20 heavy (non-hydrogen) atoms. The number of methoxy groups -OCH3 is 1. The zero-order valence-electron chi connectivity index (χ0n) is 12.1. The molecule has 0 spiro atoms. The summed E-state index contributed by atoms with van der Waals surface area (Å²) >= 11 is 5.89. The minimum absolute atomic E-state index is 0.291. The number of hydrogen-bond acceptors (Lipinski definition) is 3. The van der Waals surface area contributed by atoms with Crippen molar-refractivity contribution >= 4 is 21.8 Å². The summed E-state index contributed by atoms with van der Waals surface area (Å²) in [5.41, 5.74) is 0. The van der Waals surface area contributed by atoms with Gasteiger partial charge in [0.15, 0.2) is 0 Å². The van der Waals surface area contributed by atoms with E-state index in [1.165, 1.54) is 0 Å². The van der Waals surface area contributed by atoms with Gasteiger partial charge in [-0.3, -0.25) is 0 Å². The summed E-state index contributed by atoms with van der Waals surface area (Å²) in [6.07, 6.45) is 3.90. The van der Waals surface area contributed by atoms with Crippen LogP contribution in [0.4, 0.5) is 0 Å². The van der Waals surface area contributed by atoms with Crippen LogP contribution in [0.2, 0.25) is 0 Å². The smallest absolute Gasteiger partial charge is 0.281 e. The third kappa shape index (κ3) is 3.85. The molecule has 5 nitrogen and oxygen atoms in total. The van der Waals surface area contributed by atoms with Crippen LogP contribution in [0.3, 0.4) is 0 Å². The van der Waals surface area contributed by atoms with E-state index in [4.69, 9.17) is 16.3 Å². The van der Waals surface area contributed by atoms with Crippen molar-refractivity contribution in [1.29, 1.82) is 0 Å². The molecule has 2 saturated heterocycles. The van der Waals surface area contributed by atoms with Crippen LogP contribution < -0.4 is 0 Å². The number of alkyl halides is 1. The van der Waals surface area contributed by atoms with Crippen molar-refractivity contribution in [2.45, 2.75) is 25.7 Å². The van der Waals surface area contributed by atoms with Gasteiger partial charge in [0, 0.05) is 39.2 Å². The van der Waals surface area contributed by atoms with E-state index >= 15 is 0 Å². The molecule has 2 unspecified atom stereocenters. The van der Waals surface area contributed by atoms with E-state index < -0.39 is 10.2 Å². The molecule has 118 valence electrons. The molecule has 0 amide bonds. The predicted octanol–water partition coefficient (Wildman–Crippen LogP) is 1.54. The summed E-state index contributed by atoms with van der Waals surface area (Å²) in [5.74, 6) is 1.15. The van der Waals surface area contributed by atoms with Crippen molar-refractivity contribution in [1.82, 2.24) is 8.61 Å². The molecule has 0 aliphatic carbocycles. The average Bonchev–Trinajstić information content (AvgIpc) is 2.48. The standard InChI is InChI=1S/C13H25ClN2O3S/c1-19-11-13-5-3-7-16(10-13)20(17,18)15-6-2-4-12(8-14)9-15/h12-13H,2-11H2,1H3. The fraction of sp³-hybridized carbons (Fsp3) is 1.00. The van der Waals surface area contributed by atoms with Gasteiger partial charge >= 0.3 is 0 Å². The summed E-state index contributed by atoms with van der Waals surface area (Å²) in [4.78, 5) is 0. The van der Waals surface area contributed by atoms with Crippen molar-refractivity contribution in [3.05, 3.63) is 0 Å². The second kappa shape index (κ2) is 7.40. The molecular formula is C13H25ClN2O3S. The van der Waals surface area contributed by atoms with Crippen molar-refractivity contribution in [3.8, 4) is 0 Å². The van der Waals surface area contributed by atoms with Gasteiger partial charge in [-0.1, -0.05) is 0 Å². The first-order chi connectivity index (χ1) is 9.57. The molecule has 0 bridgehead atoms. The fourth-order valence-electron chi connectivity index (χ4n) is 3.13. The summed E-state index contributed by atoms with van der Waals surface area (Å²) in [5, 5.41) is 0. The molecule has 7 heteroatoms. The molecule has 0 aromatic rings. The van der Waals surface area contributed by atoms with Crippen LogP contribution in [-0.4, -0.2) is 62.8 Å².